The Morgan fingerprint density at radius 3 is 2.74 bits per heavy atom. The highest BCUT2D eigenvalue weighted by molar-refractivity contribution is 5.99. The van der Waals surface area contributed by atoms with E-state index in [0.717, 1.165) is 10.9 Å². The Morgan fingerprint density at radius 1 is 1.26 bits per heavy atom. The van der Waals surface area contributed by atoms with Crippen LogP contribution in [0.3, 0.4) is 0 Å². The molecule has 0 unspecified atom stereocenters. The first-order valence-corrected chi connectivity index (χ1v) is 6.82. The van der Waals surface area contributed by atoms with E-state index in [9.17, 15) is 9.59 Å². The number of carbonyl (C=O) groups excluding carboxylic acids is 2. The number of benzene rings is 2. The molecule has 3 rings (SSSR count). The molecule has 0 aliphatic carbocycles. The van der Waals surface area contributed by atoms with Gasteiger partial charge in [-0.2, -0.15) is 4.99 Å². The number of aliphatic imine (C=N–C) groups is 1. The van der Waals surface area contributed by atoms with Gasteiger partial charge in [-0.05, 0) is 24.3 Å². The number of amides is 1. The number of methoxy groups -OCH3 is 1. The lowest BCUT2D eigenvalue weighted by Crippen LogP contribution is -2.14. The van der Waals surface area contributed by atoms with Crippen LogP contribution in [0.2, 0.25) is 0 Å². The average Bonchev–Trinajstić information content (AvgIpc) is 2.93. The molecule has 0 radical (unpaired) electrons. The number of carbonyl (C=O) groups is 1. The molecule has 23 heavy (non-hydrogen) atoms. The third kappa shape index (κ3) is 2.47. The fourth-order valence-corrected chi connectivity index (χ4v) is 2.55. The molecule has 6 heteroatoms. The van der Waals surface area contributed by atoms with Crippen LogP contribution < -0.4 is 10.5 Å². The Morgan fingerprint density at radius 2 is 2.04 bits per heavy atom. The molecule has 1 amide bonds. The van der Waals surface area contributed by atoms with Crippen molar-refractivity contribution in [2.24, 2.45) is 10.7 Å². The number of rotatable bonds is 4. The summed E-state index contributed by atoms with van der Waals surface area (Å²) >= 11 is 0. The number of fused-ring (bicyclic) bond motifs is 1. The molecule has 2 N–H and O–H groups in total. The molecule has 6 nitrogen and oxygen atoms in total. The molecule has 0 bridgehead atoms. The summed E-state index contributed by atoms with van der Waals surface area (Å²) in [6, 6.07) is 12.3. The number of nitrogens with two attached hydrogens (primary N) is 1. The predicted octanol–water partition coefficient (Wildman–Crippen LogP) is 2.71. The number of aromatic nitrogens is 1. The summed E-state index contributed by atoms with van der Waals surface area (Å²) in [5.74, 6) is 0.112. The van der Waals surface area contributed by atoms with Crippen molar-refractivity contribution in [3.63, 3.8) is 0 Å². The number of isocyanates is 1. The average molecular weight is 307 g/mol. The van der Waals surface area contributed by atoms with E-state index in [1.54, 1.807) is 66.4 Å². The topological polar surface area (TPSA) is 86.7 Å². The molecule has 0 saturated heterocycles. The summed E-state index contributed by atoms with van der Waals surface area (Å²) in [6.45, 7) is 0. The standard InChI is InChI=1S/C17H13N3O3/c1-23-11-6-7-12-14(19-10-21)9-20(16(12)8-11)15-5-3-2-4-13(15)17(18)22/h2-9H,1H3,(H2,18,22). The van der Waals surface area contributed by atoms with Crippen LogP contribution in [0.15, 0.2) is 53.7 Å². The zero-order valence-corrected chi connectivity index (χ0v) is 12.3. The number of hydrogen-bond donors (Lipinski definition) is 1. The molecular weight excluding hydrogens is 294 g/mol. The van der Waals surface area contributed by atoms with Crippen molar-refractivity contribution in [3.8, 4) is 11.4 Å². The second kappa shape index (κ2) is 5.79. The molecule has 0 aliphatic rings. The Kier molecular flexibility index (Phi) is 3.66. The molecule has 1 aromatic heterocycles. The van der Waals surface area contributed by atoms with Gasteiger partial charge in [0.2, 0.25) is 6.08 Å². The van der Waals surface area contributed by atoms with Crippen LogP contribution in [0.1, 0.15) is 10.4 Å². The van der Waals surface area contributed by atoms with Gasteiger partial charge in [0, 0.05) is 17.6 Å². The van der Waals surface area contributed by atoms with Crippen LogP contribution in [-0.4, -0.2) is 23.7 Å². The number of primary amides is 1. The number of hydrogen-bond acceptors (Lipinski definition) is 4. The van der Waals surface area contributed by atoms with E-state index in [1.165, 1.54) is 0 Å². The van der Waals surface area contributed by atoms with Gasteiger partial charge < -0.3 is 15.0 Å². The van der Waals surface area contributed by atoms with Crippen LogP contribution in [-0.2, 0) is 4.79 Å². The molecule has 114 valence electrons. The van der Waals surface area contributed by atoms with Gasteiger partial charge >= 0.3 is 0 Å². The molecule has 0 aliphatic heterocycles. The Hall–Kier alpha value is -3.37. The molecular formula is C17H13N3O3. The van der Waals surface area contributed by atoms with E-state index in [-0.39, 0.29) is 0 Å². The molecule has 0 saturated carbocycles. The van der Waals surface area contributed by atoms with Crippen LogP contribution in [0, 0.1) is 0 Å². The summed E-state index contributed by atoms with van der Waals surface area (Å²) in [5, 5.41) is 0.744. The highest BCUT2D eigenvalue weighted by Gasteiger charge is 2.15. The Balaban J connectivity index is 2.37. The van der Waals surface area contributed by atoms with E-state index >= 15 is 0 Å². The monoisotopic (exact) mass is 307 g/mol. The predicted molar refractivity (Wildman–Crippen MR) is 86.1 cm³/mol. The summed E-state index contributed by atoms with van der Waals surface area (Å²) in [5.41, 5.74) is 7.62. The minimum atomic E-state index is -0.536. The summed E-state index contributed by atoms with van der Waals surface area (Å²) < 4.78 is 7.01. The van der Waals surface area contributed by atoms with Gasteiger partial charge in [-0.15, -0.1) is 0 Å². The SMILES string of the molecule is COc1ccc2c(N=C=O)cn(-c3ccccc3C(N)=O)c2c1. The van der Waals surface area contributed by atoms with Gasteiger partial charge in [-0.3, -0.25) is 4.79 Å². The molecule has 3 aromatic rings. The zero-order chi connectivity index (χ0) is 16.4. The van der Waals surface area contributed by atoms with Crippen LogP contribution in [0.5, 0.6) is 5.75 Å². The number of nitrogens with zero attached hydrogens (tertiary/aromatic N) is 2. The van der Waals surface area contributed by atoms with Gasteiger partial charge in [-0.1, -0.05) is 12.1 Å². The van der Waals surface area contributed by atoms with Crippen molar-refractivity contribution in [2.75, 3.05) is 7.11 Å². The Labute approximate surface area is 131 Å². The summed E-state index contributed by atoms with van der Waals surface area (Å²) in [4.78, 5) is 26.1. The van der Waals surface area contributed by atoms with Crippen molar-refractivity contribution in [3.05, 3.63) is 54.2 Å². The van der Waals surface area contributed by atoms with Gasteiger partial charge in [0.1, 0.15) is 11.4 Å². The molecule has 0 atom stereocenters. The minimum Gasteiger partial charge on any atom is -0.497 e. The molecule has 0 fully saturated rings. The Bertz CT molecular complexity index is 953. The van der Waals surface area contributed by atoms with E-state index in [1.807, 2.05) is 0 Å². The van der Waals surface area contributed by atoms with Gasteiger partial charge in [0.15, 0.2) is 0 Å². The smallest absolute Gasteiger partial charge is 0.250 e. The third-order valence-electron chi connectivity index (χ3n) is 3.59. The summed E-state index contributed by atoms with van der Waals surface area (Å²) in [6.07, 6.45) is 3.21. The first-order chi connectivity index (χ1) is 11.2. The van der Waals surface area contributed by atoms with Crippen LogP contribution >= 0.6 is 0 Å². The van der Waals surface area contributed by atoms with Crippen molar-refractivity contribution in [1.29, 1.82) is 0 Å². The van der Waals surface area contributed by atoms with E-state index in [2.05, 4.69) is 4.99 Å². The van der Waals surface area contributed by atoms with Crippen molar-refractivity contribution >= 4 is 28.6 Å². The van der Waals surface area contributed by atoms with Crippen LogP contribution in [0.25, 0.3) is 16.6 Å². The summed E-state index contributed by atoms with van der Waals surface area (Å²) in [7, 11) is 1.57. The first-order valence-electron chi connectivity index (χ1n) is 6.82. The largest absolute Gasteiger partial charge is 0.497 e. The third-order valence-corrected chi connectivity index (χ3v) is 3.59. The van der Waals surface area contributed by atoms with Crippen molar-refractivity contribution in [2.45, 2.75) is 0 Å². The number of para-hydroxylation sites is 1. The highest BCUT2D eigenvalue weighted by Crippen LogP contribution is 2.33. The van der Waals surface area contributed by atoms with Gasteiger partial charge in [0.25, 0.3) is 5.91 Å². The fraction of sp³-hybridized carbons (Fsp3) is 0.0588. The van der Waals surface area contributed by atoms with Crippen molar-refractivity contribution < 1.29 is 14.3 Å². The zero-order valence-electron chi connectivity index (χ0n) is 12.3. The normalized spacial score (nSPS) is 10.3. The lowest BCUT2D eigenvalue weighted by molar-refractivity contribution is 0.100. The first kappa shape index (κ1) is 14.6. The lowest BCUT2D eigenvalue weighted by atomic mass is 10.1. The fourth-order valence-electron chi connectivity index (χ4n) is 2.55. The van der Waals surface area contributed by atoms with Gasteiger partial charge in [0.05, 0.1) is 23.9 Å². The van der Waals surface area contributed by atoms with E-state index in [4.69, 9.17) is 10.5 Å². The van der Waals surface area contributed by atoms with E-state index in [0.29, 0.717) is 22.7 Å². The number of ether oxygens (including phenoxy) is 1. The molecule has 1 heterocycles. The minimum absolute atomic E-state index is 0.369. The lowest BCUT2D eigenvalue weighted by Gasteiger charge is -2.10. The van der Waals surface area contributed by atoms with Crippen LogP contribution in [0.4, 0.5) is 5.69 Å². The maximum Gasteiger partial charge on any atom is 0.250 e. The quantitative estimate of drug-likeness (QED) is 0.594. The van der Waals surface area contributed by atoms with Gasteiger partial charge in [-0.25, -0.2) is 4.79 Å². The van der Waals surface area contributed by atoms with E-state index < -0.39 is 5.91 Å². The molecule has 2 aromatic carbocycles. The molecule has 0 spiro atoms. The second-order valence-electron chi connectivity index (χ2n) is 4.85. The van der Waals surface area contributed by atoms with Crippen molar-refractivity contribution in [1.82, 2.24) is 4.57 Å². The highest BCUT2D eigenvalue weighted by atomic mass is 16.5. The second-order valence-corrected chi connectivity index (χ2v) is 4.85. The maximum absolute atomic E-state index is 11.7. The maximum atomic E-state index is 11.7.